The summed E-state index contributed by atoms with van der Waals surface area (Å²) in [7, 11) is 0. The second kappa shape index (κ2) is 18.3. The van der Waals surface area contributed by atoms with Crippen molar-refractivity contribution in [3.05, 3.63) is 0 Å². The summed E-state index contributed by atoms with van der Waals surface area (Å²) in [6, 6.07) is 0. The zero-order chi connectivity index (χ0) is 18.2. The Morgan fingerprint density at radius 1 is 1.04 bits per heavy atom. The smallest absolute Gasteiger partial charge is 0.550 e. The summed E-state index contributed by atoms with van der Waals surface area (Å²) < 4.78 is 5.34. The van der Waals surface area contributed by atoms with Crippen molar-refractivity contribution in [3.8, 4) is 0 Å². The van der Waals surface area contributed by atoms with Gasteiger partial charge in [-0.15, -0.1) is 0 Å². The molecule has 1 aliphatic heterocycles. The summed E-state index contributed by atoms with van der Waals surface area (Å²) in [6.45, 7) is 5.72. The van der Waals surface area contributed by atoms with Gasteiger partial charge in [-0.2, -0.15) is 0 Å². The van der Waals surface area contributed by atoms with Crippen LogP contribution in [-0.4, -0.2) is 49.6 Å². The summed E-state index contributed by atoms with van der Waals surface area (Å²) in [5.74, 6) is 0.160. The first-order valence-electron chi connectivity index (χ1n) is 10.3. The molecule has 26 heavy (non-hydrogen) atoms. The third kappa shape index (κ3) is 14.0. The summed E-state index contributed by atoms with van der Waals surface area (Å²) >= 11 is 0. The molecular weight excluding hydrogens is 339 g/mol. The Balaban J connectivity index is 0.00000625. The number of rotatable bonds is 17. The van der Waals surface area contributed by atoms with Crippen molar-refractivity contribution >= 4 is 11.8 Å². The topological polar surface area (TPSA) is 65.0 Å². The van der Waals surface area contributed by atoms with E-state index < -0.39 is 5.97 Å². The predicted octanol–water partition coefficient (Wildman–Crippen LogP) is 0.172. The van der Waals surface area contributed by atoms with E-state index in [1.54, 1.807) is 0 Å². The number of ether oxygens (including phenoxy) is 1. The molecule has 1 rings (SSSR count). The normalized spacial score (nSPS) is 13.6. The molecule has 0 aromatic rings. The number of hydrogen-bond donors (Lipinski definition) is 0. The average molecular weight is 377 g/mol. The van der Waals surface area contributed by atoms with Gasteiger partial charge < -0.3 is 19.5 Å². The van der Waals surface area contributed by atoms with Crippen LogP contribution in [0, 0.1) is 0 Å². The van der Waals surface area contributed by atoms with Gasteiger partial charge in [0.15, 0.2) is 0 Å². The van der Waals surface area contributed by atoms with Crippen molar-refractivity contribution in [3.63, 3.8) is 0 Å². The molecule has 6 heteroatoms. The van der Waals surface area contributed by atoms with Crippen LogP contribution in [0.4, 0.5) is 0 Å². The second-order valence-corrected chi connectivity index (χ2v) is 6.95. The van der Waals surface area contributed by atoms with Crippen LogP contribution in [0.1, 0.15) is 84.0 Å². The third-order valence-corrected chi connectivity index (χ3v) is 4.74. The van der Waals surface area contributed by atoms with Gasteiger partial charge >= 0.3 is 29.6 Å². The minimum Gasteiger partial charge on any atom is -0.550 e. The summed E-state index contributed by atoms with van der Waals surface area (Å²) in [5, 5.41) is 10.3. The molecule has 0 bridgehead atoms. The van der Waals surface area contributed by atoms with Crippen molar-refractivity contribution in [2.24, 2.45) is 4.99 Å². The van der Waals surface area contributed by atoms with E-state index in [0.717, 1.165) is 26.1 Å². The van der Waals surface area contributed by atoms with Crippen molar-refractivity contribution in [2.75, 3.05) is 32.8 Å². The SMILES string of the molecule is CCCCCCCCCCCCC1=NCCN1CCOCCC(=O)[O-].[Na+]. The van der Waals surface area contributed by atoms with E-state index in [1.165, 1.54) is 70.0 Å². The van der Waals surface area contributed by atoms with Gasteiger partial charge in [-0.1, -0.05) is 64.7 Å². The Morgan fingerprint density at radius 2 is 1.65 bits per heavy atom. The maximum absolute atomic E-state index is 10.3. The number of unbranched alkanes of at least 4 members (excludes halogenated alkanes) is 9. The van der Waals surface area contributed by atoms with Crippen LogP contribution in [0.2, 0.25) is 0 Å². The number of carbonyl (C=O) groups excluding carboxylic acids is 1. The molecule has 1 aliphatic rings. The van der Waals surface area contributed by atoms with Crippen molar-refractivity contribution in [1.82, 2.24) is 4.90 Å². The van der Waals surface area contributed by atoms with E-state index in [-0.39, 0.29) is 42.6 Å². The zero-order valence-corrected chi connectivity index (χ0v) is 19.1. The molecule has 1 heterocycles. The molecule has 5 nitrogen and oxygen atoms in total. The summed E-state index contributed by atoms with van der Waals surface area (Å²) in [6.07, 6.45) is 14.6. The van der Waals surface area contributed by atoms with E-state index in [2.05, 4.69) is 16.8 Å². The molecule has 0 saturated heterocycles. The Morgan fingerprint density at radius 3 is 2.27 bits per heavy atom. The van der Waals surface area contributed by atoms with Gasteiger partial charge in [-0.3, -0.25) is 4.99 Å². The number of nitrogens with zero attached hydrogens (tertiary/aromatic N) is 2. The number of aliphatic carboxylic acids is 1. The van der Waals surface area contributed by atoms with E-state index >= 15 is 0 Å². The Labute approximate surface area is 182 Å². The summed E-state index contributed by atoms with van der Waals surface area (Å²) in [4.78, 5) is 17.2. The first-order valence-corrected chi connectivity index (χ1v) is 10.3. The van der Waals surface area contributed by atoms with Crippen LogP contribution in [-0.2, 0) is 9.53 Å². The van der Waals surface area contributed by atoms with Crippen LogP contribution in [0.15, 0.2) is 4.99 Å². The largest absolute Gasteiger partial charge is 1.00 e. The van der Waals surface area contributed by atoms with Gasteiger partial charge in [-0.25, -0.2) is 0 Å². The number of carbonyl (C=O) groups is 1. The molecule has 0 aromatic heterocycles. The predicted molar refractivity (Wildman–Crippen MR) is 101 cm³/mol. The minimum atomic E-state index is -1.05. The zero-order valence-electron chi connectivity index (χ0n) is 17.1. The number of carboxylic acid groups (broad SMARTS) is 1. The monoisotopic (exact) mass is 376 g/mol. The van der Waals surface area contributed by atoms with E-state index in [1.807, 2.05) is 0 Å². The maximum Gasteiger partial charge on any atom is 1.00 e. The number of hydrogen-bond acceptors (Lipinski definition) is 5. The van der Waals surface area contributed by atoms with Gasteiger partial charge in [0.25, 0.3) is 0 Å². The maximum atomic E-state index is 10.3. The Hall–Kier alpha value is -0.100. The minimum absolute atomic E-state index is 0. The van der Waals surface area contributed by atoms with Crippen molar-refractivity contribution < 1.29 is 44.2 Å². The molecule has 0 fully saturated rings. The molecule has 0 aromatic carbocycles. The molecule has 0 spiro atoms. The first kappa shape index (κ1) is 25.9. The molecule has 0 unspecified atom stereocenters. The van der Waals surface area contributed by atoms with Gasteiger partial charge in [0.2, 0.25) is 0 Å². The molecule has 0 atom stereocenters. The Kier molecular flexibility index (Phi) is 18.2. The molecule has 146 valence electrons. The van der Waals surface area contributed by atoms with Crippen LogP contribution < -0.4 is 34.7 Å². The standard InChI is InChI=1S/C20H38N2O3.Na/c1-2-3-4-5-6-7-8-9-10-11-12-19-21-14-15-22(19)16-18-25-17-13-20(23)24;/h2-18H2,1H3,(H,23,24);/q;+1/p-1. The van der Waals surface area contributed by atoms with Gasteiger partial charge in [0.1, 0.15) is 0 Å². The number of aliphatic imine (C=N–C) groups is 1. The van der Waals surface area contributed by atoms with Crippen molar-refractivity contribution in [1.29, 1.82) is 0 Å². The summed E-state index contributed by atoms with van der Waals surface area (Å²) in [5.41, 5.74) is 0. The van der Waals surface area contributed by atoms with Gasteiger partial charge in [0, 0.05) is 31.9 Å². The van der Waals surface area contributed by atoms with E-state index in [4.69, 9.17) is 4.74 Å². The van der Waals surface area contributed by atoms with Crippen LogP contribution >= 0.6 is 0 Å². The molecule has 0 saturated carbocycles. The molecule has 0 radical (unpaired) electrons. The Bertz CT molecular complexity index is 378. The molecule has 0 amide bonds. The number of amidine groups is 1. The molecule has 0 N–H and O–H groups in total. The van der Waals surface area contributed by atoms with Crippen LogP contribution in [0.25, 0.3) is 0 Å². The van der Waals surface area contributed by atoms with Gasteiger partial charge in [-0.05, 0) is 6.42 Å². The fraction of sp³-hybridized carbons (Fsp3) is 0.900. The molecular formula is C20H37N2NaO3. The van der Waals surface area contributed by atoms with Crippen molar-refractivity contribution in [2.45, 2.75) is 84.0 Å². The van der Waals surface area contributed by atoms with Crippen LogP contribution in [0.3, 0.4) is 0 Å². The van der Waals surface area contributed by atoms with E-state index in [9.17, 15) is 9.90 Å². The average Bonchev–Trinajstić information content (AvgIpc) is 3.03. The number of carboxylic acids is 1. The van der Waals surface area contributed by atoms with E-state index in [0.29, 0.717) is 6.61 Å². The van der Waals surface area contributed by atoms with Gasteiger partial charge in [0.05, 0.1) is 25.6 Å². The first-order chi connectivity index (χ1) is 12.2. The quantitative estimate of drug-likeness (QED) is 0.268. The fourth-order valence-electron chi connectivity index (χ4n) is 3.21. The molecule has 0 aliphatic carbocycles. The second-order valence-electron chi connectivity index (χ2n) is 6.95. The fourth-order valence-corrected chi connectivity index (χ4v) is 3.21. The van der Waals surface area contributed by atoms with Crippen LogP contribution in [0.5, 0.6) is 0 Å². The third-order valence-electron chi connectivity index (χ3n) is 4.74.